The van der Waals surface area contributed by atoms with E-state index in [1.54, 1.807) is 6.07 Å². The molecule has 7 heteroatoms. The molecule has 3 nitrogen and oxygen atoms in total. The van der Waals surface area contributed by atoms with Gasteiger partial charge in [0.1, 0.15) is 0 Å². The summed E-state index contributed by atoms with van der Waals surface area (Å²) in [5.41, 5.74) is 0.176. The first-order valence-electron chi connectivity index (χ1n) is 7.11. The van der Waals surface area contributed by atoms with Crippen molar-refractivity contribution in [1.29, 1.82) is 0 Å². The fourth-order valence-corrected chi connectivity index (χ4v) is 3.61. The molecule has 0 radical (unpaired) electrons. The van der Waals surface area contributed by atoms with Crippen molar-refractivity contribution in [3.8, 4) is 0 Å². The monoisotopic (exact) mass is 340 g/mol. The number of aromatic nitrogens is 1. The molecule has 0 fully saturated rings. The molecule has 1 aromatic carbocycles. The Morgan fingerprint density at radius 3 is 2.70 bits per heavy atom. The van der Waals surface area contributed by atoms with Crippen LogP contribution in [-0.2, 0) is 12.6 Å². The van der Waals surface area contributed by atoms with Gasteiger partial charge < -0.3 is 5.32 Å². The summed E-state index contributed by atoms with van der Waals surface area (Å²) >= 11 is 1.20. The van der Waals surface area contributed by atoms with E-state index in [1.165, 1.54) is 17.4 Å². The Labute approximate surface area is 135 Å². The summed E-state index contributed by atoms with van der Waals surface area (Å²) in [7, 11) is 0. The third-order valence-electron chi connectivity index (χ3n) is 3.68. The van der Waals surface area contributed by atoms with Gasteiger partial charge in [-0.15, -0.1) is 0 Å². The van der Waals surface area contributed by atoms with Gasteiger partial charge >= 0.3 is 6.18 Å². The molecule has 1 aliphatic rings. The minimum atomic E-state index is -4.39. The minimum absolute atomic E-state index is 0.0471. The maximum Gasteiger partial charge on any atom is 0.416 e. The SMILES string of the molecule is CC1(C)CC(=O)c2sc(Nc3cccc(C(F)(F)F)c3)nc2C1. The molecule has 0 amide bonds. The summed E-state index contributed by atoms with van der Waals surface area (Å²) in [4.78, 5) is 17.1. The second-order valence-electron chi connectivity index (χ2n) is 6.44. The van der Waals surface area contributed by atoms with E-state index in [4.69, 9.17) is 0 Å². The van der Waals surface area contributed by atoms with E-state index in [2.05, 4.69) is 10.3 Å². The van der Waals surface area contributed by atoms with Crippen LogP contribution in [0.15, 0.2) is 24.3 Å². The molecule has 0 saturated heterocycles. The zero-order chi connectivity index (χ0) is 16.8. The average molecular weight is 340 g/mol. The van der Waals surface area contributed by atoms with Crippen LogP contribution in [0.1, 0.15) is 41.2 Å². The van der Waals surface area contributed by atoms with Crippen LogP contribution in [0.3, 0.4) is 0 Å². The van der Waals surface area contributed by atoms with Crippen LogP contribution in [0, 0.1) is 5.41 Å². The Morgan fingerprint density at radius 1 is 1.26 bits per heavy atom. The van der Waals surface area contributed by atoms with Crippen LogP contribution < -0.4 is 5.32 Å². The Kier molecular flexibility index (Phi) is 3.71. The van der Waals surface area contributed by atoms with Gasteiger partial charge in [-0.2, -0.15) is 13.2 Å². The van der Waals surface area contributed by atoms with E-state index < -0.39 is 11.7 Å². The summed E-state index contributed by atoms with van der Waals surface area (Å²) in [6.07, 6.45) is -3.24. The maximum absolute atomic E-state index is 12.7. The van der Waals surface area contributed by atoms with Crippen molar-refractivity contribution in [2.24, 2.45) is 5.41 Å². The van der Waals surface area contributed by atoms with Crippen molar-refractivity contribution >= 4 is 27.9 Å². The lowest BCUT2D eigenvalue weighted by Gasteiger charge is -2.26. The number of Topliss-reactive ketones (excluding diaryl/α,β-unsaturated/α-hetero) is 1. The number of carbonyl (C=O) groups is 1. The molecule has 122 valence electrons. The van der Waals surface area contributed by atoms with Crippen molar-refractivity contribution in [2.75, 3.05) is 5.32 Å². The number of nitrogens with zero attached hydrogens (tertiary/aromatic N) is 1. The number of rotatable bonds is 2. The summed E-state index contributed by atoms with van der Waals surface area (Å²) in [5, 5.41) is 3.32. The smallest absolute Gasteiger partial charge is 0.332 e. The number of nitrogens with one attached hydrogen (secondary N) is 1. The molecule has 0 spiro atoms. The summed E-state index contributed by atoms with van der Waals surface area (Å²) in [6, 6.07) is 4.94. The number of halogens is 3. The quantitative estimate of drug-likeness (QED) is 0.831. The molecule has 1 aromatic heterocycles. The second kappa shape index (κ2) is 5.33. The summed E-state index contributed by atoms with van der Waals surface area (Å²) in [6.45, 7) is 4.01. The van der Waals surface area contributed by atoms with Crippen molar-refractivity contribution in [3.63, 3.8) is 0 Å². The molecule has 0 atom stereocenters. The molecular formula is C16H15F3N2OS. The van der Waals surface area contributed by atoms with E-state index in [9.17, 15) is 18.0 Å². The van der Waals surface area contributed by atoms with Gasteiger partial charge in [-0.25, -0.2) is 4.98 Å². The van der Waals surface area contributed by atoms with Crippen LogP contribution in [0.25, 0.3) is 0 Å². The van der Waals surface area contributed by atoms with Crippen LogP contribution in [-0.4, -0.2) is 10.8 Å². The number of ketones is 1. The van der Waals surface area contributed by atoms with E-state index in [0.29, 0.717) is 28.5 Å². The molecule has 23 heavy (non-hydrogen) atoms. The molecule has 1 aliphatic carbocycles. The molecule has 0 bridgehead atoms. The molecule has 1 N–H and O–H groups in total. The first-order chi connectivity index (χ1) is 10.6. The van der Waals surface area contributed by atoms with Gasteiger partial charge in [0.05, 0.1) is 16.1 Å². The largest absolute Gasteiger partial charge is 0.416 e. The number of alkyl halides is 3. The van der Waals surface area contributed by atoms with Crippen molar-refractivity contribution in [3.05, 3.63) is 40.4 Å². The van der Waals surface area contributed by atoms with Gasteiger partial charge in [0.2, 0.25) is 0 Å². The Hall–Kier alpha value is -1.89. The van der Waals surface area contributed by atoms with Gasteiger partial charge in [0.25, 0.3) is 0 Å². The fraction of sp³-hybridized carbons (Fsp3) is 0.375. The van der Waals surface area contributed by atoms with Gasteiger partial charge in [0, 0.05) is 12.1 Å². The van der Waals surface area contributed by atoms with Gasteiger partial charge in [-0.1, -0.05) is 31.3 Å². The number of hydrogen-bond donors (Lipinski definition) is 1. The number of carbonyl (C=O) groups excluding carboxylic acids is 1. The molecule has 0 saturated carbocycles. The third kappa shape index (κ3) is 3.39. The van der Waals surface area contributed by atoms with Crippen LogP contribution in [0.4, 0.5) is 24.0 Å². The number of hydrogen-bond acceptors (Lipinski definition) is 4. The molecule has 3 rings (SSSR count). The molecule has 0 unspecified atom stereocenters. The standard InChI is InChI=1S/C16H15F3N2OS/c1-15(2)7-11-13(12(22)8-15)23-14(21-11)20-10-5-3-4-9(6-10)16(17,18)19/h3-6H,7-8H2,1-2H3,(H,20,21). The Bertz CT molecular complexity index is 765. The van der Waals surface area contributed by atoms with E-state index in [-0.39, 0.29) is 11.2 Å². The van der Waals surface area contributed by atoms with Crippen LogP contribution in [0.5, 0.6) is 0 Å². The van der Waals surface area contributed by atoms with Crippen molar-refractivity contribution < 1.29 is 18.0 Å². The van der Waals surface area contributed by atoms with E-state index >= 15 is 0 Å². The number of thiazole rings is 1. The van der Waals surface area contributed by atoms with E-state index in [0.717, 1.165) is 17.8 Å². The summed E-state index contributed by atoms with van der Waals surface area (Å²) in [5.74, 6) is 0.0471. The first kappa shape index (κ1) is 16.0. The Balaban J connectivity index is 1.87. The number of anilines is 2. The van der Waals surface area contributed by atoms with Gasteiger partial charge in [-0.05, 0) is 30.0 Å². The van der Waals surface area contributed by atoms with Gasteiger partial charge in [-0.3, -0.25) is 4.79 Å². The average Bonchev–Trinajstić information content (AvgIpc) is 2.79. The lowest BCUT2D eigenvalue weighted by molar-refractivity contribution is -0.137. The van der Waals surface area contributed by atoms with Crippen molar-refractivity contribution in [1.82, 2.24) is 4.98 Å². The second-order valence-corrected chi connectivity index (χ2v) is 7.44. The molecule has 1 heterocycles. The van der Waals surface area contributed by atoms with Crippen molar-refractivity contribution in [2.45, 2.75) is 32.9 Å². The maximum atomic E-state index is 12.7. The lowest BCUT2D eigenvalue weighted by Crippen LogP contribution is -2.25. The highest BCUT2D eigenvalue weighted by Gasteiger charge is 2.34. The summed E-state index contributed by atoms with van der Waals surface area (Å²) < 4.78 is 38.2. The highest BCUT2D eigenvalue weighted by Crippen LogP contribution is 2.39. The predicted octanol–water partition coefficient (Wildman–Crippen LogP) is 5.06. The number of fused-ring (bicyclic) bond motifs is 1. The van der Waals surface area contributed by atoms with Gasteiger partial charge in [0.15, 0.2) is 10.9 Å². The fourth-order valence-electron chi connectivity index (χ4n) is 2.67. The predicted molar refractivity (Wildman–Crippen MR) is 83.3 cm³/mol. The topological polar surface area (TPSA) is 42.0 Å². The molecule has 0 aliphatic heterocycles. The zero-order valence-corrected chi connectivity index (χ0v) is 13.4. The zero-order valence-electron chi connectivity index (χ0n) is 12.6. The minimum Gasteiger partial charge on any atom is -0.332 e. The highest BCUT2D eigenvalue weighted by molar-refractivity contribution is 7.17. The molecule has 2 aromatic rings. The highest BCUT2D eigenvalue weighted by atomic mass is 32.1. The first-order valence-corrected chi connectivity index (χ1v) is 7.93. The number of benzene rings is 1. The normalized spacial score (nSPS) is 17.0. The third-order valence-corrected chi connectivity index (χ3v) is 4.73. The van der Waals surface area contributed by atoms with E-state index in [1.807, 2.05) is 13.8 Å². The Morgan fingerprint density at radius 2 is 2.00 bits per heavy atom. The molecular weight excluding hydrogens is 325 g/mol. The van der Waals surface area contributed by atoms with Crippen LogP contribution >= 0.6 is 11.3 Å². The van der Waals surface area contributed by atoms with Crippen LogP contribution in [0.2, 0.25) is 0 Å². The lowest BCUT2D eigenvalue weighted by atomic mass is 9.78.